The first kappa shape index (κ1) is 13.9. The van der Waals surface area contributed by atoms with Crippen LogP contribution in [0.4, 0.5) is 0 Å². The lowest BCUT2D eigenvalue weighted by Crippen LogP contribution is -2.39. The topological polar surface area (TPSA) is 38.1 Å². The number of aromatic nitrogens is 2. The number of likely N-dealkylation sites (tertiary alicyclic amines) is 1. The standard InChI is InChI=1S/C17H21N3O/c1-14-7-10-19(11-8-14)17(21)13-20-12-9-16(18-20)15-5-3-2-4-6-15/h2-6,9,12,14H,7-8,10-11,13H2,1H3. The molecule has 0 bridgehead atoms. The van der Waals surface area contributed by atoms with Gasteiger partial charge >= 0.3 is 0 Å². The second-order valence-electron chi connectivity index (χ2n) is 5.83. The largest absolute Gasteiger partial charge is 0.341 e. The van der Waals surface area contributed by atoms with Crippen LogP contribution in [0.15, 0.2) is 42.6 Å². The first-order chi connectivity index (χ1) is 10.2. The Hall–Kier alpha value is -2.10. The molecule has 1 saturated heterocycles. The second kappa shape index (κ2) is 6.12. The van der Waals surface area contributed by atoms with Crippen molar-refractivity contribution >= 4 is 5.91 Å². The number of hydrogen-bond acceptors (Lipinski definition) is 2. The van der Waals surface area contributed by atoms with Crippen LogP contribution in [0.2, 0.25) is 0 Å². The monoisotopic (exact) mass is 283 g/mol. The predicted octanol–water partition coefficient (Wildman–Crippen LogP) is 2.81. The molecule has 21 heavy (non-hydrogen) atoms. The minimum Gasteiger partial charge on any atom is -0.341 e. The van der Waals surface area contributed by atoms with Crippen LogP contribution >= 0.6 is 0 Å². The van der Waals surface area contributed by atoms with Crippen molar-refractivity contribution in [3.05, 3.63) is 42.6 Å². The Bertz CT molecular complexity index is 598. The average Bonchev–Trinajstić information content (AvgIpc) is 2.97. The molecule has 0 atom stereocenters. The van der Waals surface area contributed by atoms with Crippen molar-refractivity contribution < 1.29 is 4.79 Å². The summed E-state index contributed by atoms with van der Waals surface area (Å²) in [5, 5.41) is 4.50. The first-order valence-corrected chi connectivity index (χ1v) is 7.59. The highest BCUT2D eigenvalue weighted by Gasteiger charge is 2.20. The Balaban J connectivity index is 1.63. The molecule has 4 heteroatoms. The number of hydrogen-bond donors (Lipinski definition) is 0. The molecule has 1 aliphatic heterocycles. The van der Waals surface area contributed by atoms with E-state index in [9.17, 15) is 4.79 Å². The minimum absolute atomic E-state index is 0.171. The molecule has 1 aromatic heterocycles. The molecule has 1 amide bonds. The summed E-state index contributed by atoms with van der Waals surface area (Å²) < 4.78 is 1.74. The number of carbonyl (C=O) groups is 1. The molecule has 0 aliphatic carbocycles. The van der Waals surface area contributed by atoms with Gasteiger partial charge in [0.25, 0.3) is 0 Å². The number of benzene rings is 1. The van der Waals surface area contributed by atoms with Crippen LogP contribution in [0.3, 0.4) is 0 Å². The fourth-order valence-electron chi connectivity index (χ4n) is 2.71. The van der Waals surface area contributed by atoms with Crippen LogP contribution in [0, 0.1) is 5.92 Å². The van der Waals surface area contributed by atoms with Crippen LogP contribution in [-0.2, 0) is 11.3 Å². The van der Waals surface area contributed by atoms with Gasteiger partial charge in [0.2, 0.25) is 5.91 Å². The molecule has 110 valence electrons. The van der Waals surface area contributed by atoms with Crippen molar-refractivity contribution in [2.45, 2.75) is 26.3 Å². The molecule has 0 N–H and O–H groups in total. The summed E-state index contributed by atoms with van der Waals surface area (Å²) in [5.74, 6) is 0.910. The van der Waals surface area contributed by atoms with E-state index >= 15 is 0 Å². The van der Waals surface area contributed by atoms with Gasteiger partial charge in [-0.15, -0.1) is 0 Å². The summed E-state index contributed by atoms with van der Waals surface area (Å²) >= 11 is 0. The molecular weight excluding hydrogens is 262 g/mol. The van der Waals surface area contributed by atoms with Gasteiger partial charge in [-0.3, -0.25) is 9.48 Å². The molecule has 1 fully saturated rings. The second-order valence-corrected chi connectivity index (χ2v) is 5.83. The third-order valence-electron chi connectivity index (χ3n) is 4.14. The summed E-state index contributed by atoms with van der Waals surface area (Å²) in [7, 11) is 0. The summed E-state index contributed by atoms with van der Waals surface area (Å²) in [6, 6.07) is 12.0. The van der Waals surface area contributed by atoms with Crippen LogP contribution in [-0.4, -0.2) is 33.7 Å². The molecule has 0 unspecified atom stereocenters. The fourth-order valence-corrected chi connectivity index (χ4v) is 2.71. The van der Waals surface area contributed by atoms with Crippen LogP contribution in [0.5, 0.6) is 0 Å². The zero-order chi connectivity index (χ0) is 14.7. The van der Waals surface area contributed by atoms with Crippen molar-refractivity contribution in [2.75, 3.05) is 13.1 Å². The predicted molar refractivity (Wildman–Crippen MR) is 82.6 cm³/mol. The third-order valence-corrected chi connectivity index (χ3v) is 4.14. The van der Waals surface area contributed by atoms with E-state index in [1.807, 2.05) is 47.5 Å². The van der Waals surface area contributed by atoms with Gasteiger partial charge in [0.15, 0.2) is 0 Å². The molecule has 0 spiro atoms. The Morgan fingerprint density at radius 2 is 1.90 bits per heavy atom. The average molecular weight is 283 g/mol. The van der Waals surface area contributed by atoms with Crippen LogP contribution in [0.1, 0.15) is 19.8 Å². The molecule has 1 aromatic carbocycles. The number of amides is 1. The summed E-state index contributed by atoms with van der Waals surface area (Å²) in [5.41, 5.74) is 1.99. The highest BCUT2D eigenvalue weighted by Crippen LogP contribution is 2.18. The normalized spacial score (nSPS) is 16.1. The van der Waals surface area contributed by atoms with E-state index in [4.69, 9.17) is 0 Å². The number of rotatable bonds is 3. The van der Waals surface area contributed by atoms with E-state index in [2.05, 4.69) is 12.0 Å². The summed E-state index contributed by atoms with van der Waals surface area (Å²) in [4.78, 5) is 14.2. The summed E-state index contributed by atoms with van der Waals surface area (Å²) in [6.45, 7) is 4.35. The Labute approximate surface area is 125 Å². The molecule has 0 radical (unpaired) electrons. The maximum Gasteiger partial charge on any atom is 0.244 e. The van der Waals surface area contributed by atoms with E-state index in [1.165, 1.54) is 0 Å². The van der Waals surface area contributed by atoms with Crippen molar-refractivity contribution in [1.82, 2.24) is 14.7 Å². The molecule has 2 aromatic rings. The van der Waals surface area contributed by atoms with E-state index in [0.717, 1.165) is 43.1 Å². The third kappa shape index (κ3) is 3.32. The van der Waals surface area contributed by atoms with Crippen molar-refractivity contribution in [3.8, 4) is 11.3 Å². The number of nitrogens with zero attached hydrogens (tertiary/aromatic N) is 3. The highest BCUT2D eigenvalue weighted by molar-refractivity contribution is 5.76. The van der Waals surface area contributed by atoms with Gasteiger partial charge in [0, 0.05) is 24.8 Å². The highest BCUT2D eigenvalue weighted by atomic mass is 16.2. The van der Waals surface area contributed by atoms with E-state index < -0.39 is 0 Å². The van der Waals surface area contributed by atoms with E-state index in [-0.39, 0.29) is 5.91 Å². The van der Waals surface area contributed by atoms with Gasteiger partial charge < -0.3 is 4.90 Å². The van der Waals surface area contributed by atoms with Gasteiger partial charge in [0.1, 0.15) is 6.54 Å². The van der Waals surface area contributed by atoms with Gasteiger partial charge in [-0.05, 0) is 24.8 Å². The van der Waals surface area contributed by atoms with Gasteiger partial charge in [-0.1, -0.05) is 37.3 Å². The van der Waals surface area contributed by atoms with E-state index in [1.54, 1.807) is 4.68 Å². The maximum atomic E-state index is 12.3. The Kier molecular flexibility index (Phi) is 4.04. The van der Waals surface area contributed by atoms with Crippen molar-refractivity contribution in [2.24, 2.45) is 5.92 Å². The van der Waals surface area contributed by atoms with Crippen molar-refractivity contribution in [1.29, 1.82) is 0 Å². The quantitative estimate of drug-likeness (QED) is 0.868. The molecule has 4 nitrogen and oxygen atoms in total. The van der Waals surface area contributed by atoms with E-state index in [0.29, 0.717) is 6.54 Å². The van der Waals surface area contributed by atoms with Gasteiger partial charge in [-0.25, -0.2) is 0 Å². The lowest BCUT2D eigenvalue weighted by atomic mass is 9.99. The zero-order valence-electron chi connectivity index (χ0n) is 12.4. The summed E-state index contributed by atoms with van der Waals surface area (Å²) in [6.07, 6.45) is 4.10. The molecule has 0 saturated carbocycles. The SMILES string of the molecule is CC1CCN(C(=O)Cn2ccc(-c3ccccc3)n2)CC1. The molecule has 3 rings (SSSR count). The van der Waals surface area contributed by atoms with Gasteiger partial charge in [-0.2, -0.15) is 5.10 Å². The smallest absolute Gasteiger partial charge is 0.244 e. The fraction of sp³-hybridized carbons (Fsp3) is 0.412. The maximum absolute atomic E-state index is 12.3. The minimum atomic E-state index is 0.171. The number of piperidine rings is 1. The van der Waals surface area contributed by atoms with Crippen LogP contribution in [0.25, 0.3) is 11.3 Å². The Morgan fingerprint density at radius 3 is 2.62 bits per heavy atom. The molecule has 2 heterocycles. The Morgan fingerprint density at radius 1 is 1.19 bits per heavy atom. The molecule has 1 aliphatic rings. The lowest BCUT2D eigenvalue weighted by molar-refractivity contribution is -0.133. The zero-order valence-corrected chi connectivity index (χ0v) is 12.4. The molecular formula is C17H21N3O. The first-order valence-electron chi connectivity index (χ1n) is 7.59. The van der Waals surface area contributed by atoms with Crippen molar-refractivity contribution in [3.63, 3.8) is 0 Å². The van der Waals surface area contributed by atoms with Gasteiger partial charge in [0.05, 0.1) is 5.69 Å². The lowest BCUT2D eigenvalue weighted by Gasteiger charge is -2.30. The number of carbonyl (C=O) groups excluding carboxylic acids is 1. The van der Waals surface area contributed by atoms with Crippen LogP contribution < -0.4 is 0 Å².